The van der Waals surface area contributed by atoms with Crippen molar-refractivity contribution in [1.82, 2.24) is 5.32 Å². The first-order valence-corrected chi connectivity index (χ1v) is 7.85. The Hall–Kier alpha value is -0.940. The third kappa shape index (κ3) is 2.49. The number of aryl methyl sites for hydroxylation is 1. The summed E-state index contributed by atoms with van der Waals surface area (Å²) in [5.41, 5.74) is 1.41. The van der Waals surface area contributed by atoms with Crippen LogP contribution in [0.25, 0.3) is 0 Å². The van der Waals surface area contributed by atoms with Crippen LogP contribution in [0.15, 0.2) is 16.6 Å². The molecule has 0 bridgehead atoms. The third-order valence-electron chi connectivity index (χ3n) is 4.55. The van der Waals surface area contributed by atoms with Gasteiger partial charge in [0.2, 0.25) is 5.91 Å². The van der Waals surface area contributed by atoms with Crippen LogP contribution in [0.4, 0.5) is 10.1 Å². The molecule has 20 heavy (non-hydrogen) atoms. The Morgan fingerprint density at radius 1 is 1.45 bits per heavy atom. The van der Waals surface area contributed by atoms with Crippen molar-refractivity contribution in [3.8, 4) is 0 Å². The van der Waals surface area contributed by atoms with Crippen LogP contribution < -0.4 is 10.6 Å². The molecule has 2 aliphatic rings. The molecule has 3 atom stereocenters. The van der Waals surface area contributed by atoms with E-state index in [1.807, 2.05) is 0 Å². The number of carbonyl (C=O) groups is 1. The molecule has 0 spiro atoms. The van der Waals surface area contributed by atoms with Crippen molar-refractivity contribution in [3.05, 3.63) is 28.0 Å². The highest BCUT2D eigenvalue weighted by Crippen LogP contribution is 2.38. The van der Waals surface area contributed by atoms with Gasteiger partial charge in [0, 0.05) is 5.69 Å². The SMILES string of the molecule is Cc1cc(F)c(Br)cc1NC(=O)C1NCC2CCCC21. The Morgan fingerprint density at radius 2 is 2.25 bits per heavy atom. The number of amides is 1. The van der Waals surface area contributed by atoms with Gasteiger partial charge in [0.1, 0.15) is 5.82 Å². The second-order valence-corrected chi connectivity index (χ2v) is 6.67. The van der Waals surface area contributed by atoms with Crippen molar-refractivity contribution in [1.29, 1.82) is 0 Å². The number of anilines is 1. The van der Waals surface area contributed by atoms with E-state index in [1.54, 1.807) is 13.0 Å². The molecule has 1 amide bonds. The van der Waals surface area contributed by atoms with Crippen molar-refractivity contribution < 1.29 is 9.18 Å². The van der Waals surface area contributed by atoms with E-state index < -0.39 is 0 Å². The van der Waals surface area contributed by atoms with Crippen molar-refractivity contribution in [2.75, 3.05) is 11.9 Å². The highest BCUT2D eigenvalue weighted by atomic mass is 79.9. The smallest absolute Gasteiger partial charge is 0.241 e. The lowest BCUT2D eigenvalue weighted by molar-refractivity contribution is -0.118. The Morgan fingerprint density at radius 3 is 3.05 bits per heavy atom. The summed E-state index contributed by atoms with van der Waals surface area (Å²) in [5, 5.41) is 6.26. The van der Waals surface area contributed by atoms with E-state index in [4.69, 9.17) is 0 Å². The summed E-state index contributed by atoms with van der Waals surface area (Å²) in [6.45, 7) is 2.74. The van der Waals surface area contributed by atoms with Crippen LogP contribution in [-0.4, -0.2) is 18.5 Å². The van der Waals surface area contributed by atoms with Gasteiger partial charge in [0.15, 0.2) is 0 Å². The van der Waals surface area contributed by atoms with Crippen molar-refractivity contribution in [2.24, 2.45) is 11.8 Å². The van der Waals surface area contributed by atoms with Gasteiger partial charge < -0.3 is 10.6 Å². The fourth-order valence-electron chi connectivity index (χ4n) is 3.47. The molecule has 0 aromatic heterocycles. The molecule has 3 nitrogen and oxygen atoms in total. The van der Waals surface area contributed by atoms with Gasteiger partial charge in [0.25, 0.3) is 0 Å². The van der Waals surface area contributed by atoms with Crippen molar-refractivity contribution in [2.45, 2.75) is 32.2 Å². The highest BCUT2D eigenvalue weighted by Gasteiger charge is 2.42. The molecule has 1 heterocycles. The summed E-state index contributed by atoms with van der Waals surface area (Å²) in [7, 11) is 0. The number of halogens is 2. The molecule has 1 saturated heterocycles. The topological polar surface area (TPSA) is 41.1 Å². The number of hydrogen-bond donors (Lipinski definition) is 2. The average Bonchev–Trinajstić information content (AvgIpc) is 2.97. The summed E-state index contributed by atoms with van der Waals surface area (Å²) >= 11 is 3.16. The normalized spacial score (nSPS) is 28.4. The van der Waals surface area contributed by atoms with Crippen LogP contribution in [0.1, 0.15) is 24.8 Å². The molecule has 2 N–H and O–H groups in total. The molecular formula is C15H18BrFN2O. The van der Waals surface area contributed by atoms with Gasteiger partial charge in [-0.1, -0.05) is 6.42 Å². The van der Waals surface area contributed by atoms with Crippen LogP contribution in [0, 0.1) is 24.6 Å². The minimum Gasteiger partial charge on any atom is -0.324 e. The van der Waals surface area contributed by atoms with Gasteiger partial charge >= 0.3 is 0 Å². The molecule has 3 rings (SSSR count). The quantitative estimate of drug-likeness (QED) is 0.867. The first kappa shape index (κ1) is 14.0. The predicted molar refractivity (Wildman–Crippen MR) is 80.1 cm³/mol. The Labute approximate surface area is 126 Å². The van der Waals surface area contributed by atoms with Gasteiger partial charge in [-0.05, 0) is 71.8 Å². The van der Waals surface area contributed by atoms with Gasteiger partial charge in [-0.2, -0.15) is 0 Å². The van der Waals surface area contributed by atoms with Crippen LogP contribution in [-0.2, 0) is 4.79 Å². The number of hydrogen-bond acceptors (Lipinski definition) is 2. The van der Waals surface area contributed by atoms with E-state index in [2.05, 4.69) is 26.6 Å². The van der Waals surface area contributed by atoms with Crippen molar-refractivity contribution >= 4 is 27.5 Å². The molecule has 1 aromatic rings. The largest absolute Gasteiger partial charge is 0.324 e. The van der Waals surface area contributed by atoms with Crippen LogP contribution in [0.2, 0.25) is 0 Å². The van der Waals surface area contributed by atoms with Crippen LogP contribution >= 0.6 is 15.9 Å². The minimum atomic E-state index is -0.310. The molecule has 1 aliphatic heterocycles. The number of carbonyl (C=O) groups excluding carboxylic acids is 1. The summed E-state index contributed by atoms with van der Waals surface area (Å²) in [5.74, 6) is 0.794. The zero-order valence-corrected chi connectivity index (χ0v) is 13.0. The van der Waals surface area contributed by atoms with E-state index in [-0.39, 0.29) is 17.8 Å². The second kappa shape index (κ2) is 5.45. The molecule has 3 unspecified atom stereocenters. The van der Waals surface area contributed by atoms with E-state index in [0.717, 1.165) is 18.5 Å². The lowest BCUT2D eigenvalue weighted by Gasteiger charge is -2.18. The van der Waals surface area contributed by atoms with E-state index in [0.29, 0.717) is 22.0 Å². The Balaban J connectivity index is 1.75. The molecule has 1 aromatic carbocycles. The fraction of sp³-hybridized carbons (Fsp3) is 0.533. The van der Waals surface area contributed by atoms with E-state index in [9.17, 15) is 9.18 Å². The summed E-state index contributed by atoms with van der Waals surface area (Å²) in [6.07, 6.45) is 3.58. The predicted octanol–water partition coefficient (Wildman–Crippen LogP) is 3.22. The molecule has 5 heteroatoms. The van der Waals surface area contributed by atoms with Crippen molar-refractivity contribution in [3.63, 3.8) is 0 Å². The molecule has 1 aliphatic carbocycles. The summed E-state index contributed by atoms with van der Waals surface area (Å²) in [4.78, 5) is 12.4. The Bertz CT molecular complexity index is 549. The van der Waals surface area contributed by atoms with Gasteiger partial charge in [0.05, 0.1) is 10.5 Å². The van der Waals surface area contributed by atoms with E-state index >= 15 is 0 Å². The average molecular weight is 341 g/mol. The lowest BCUT2D eigenvalue weighted by Crippen LogP contribution is -2.39. The maximum Gasteiger partial charge on any atom is 0.241 e. The zero-order chi connectivity index (χ0) is 14.3. The zero-order valence-electron chi connectivity index (χ0n) is 11.4. The molecule has 2 fully saturated rings. The second-order valence-electron chi connectivity index (χ2n) is 5.81. The summed E-state index contributed by atoms with van der Waals surface area (Å²) < 4.78 is 13.8. The minimum absolute atomic E-state index is 0.000933. The molecule has 0 radical (unpaired) electrons. The van der Waals surface area contributed by atoms with Gasteiger partial charge in [-0.3, -0.25) is 4.79 Å². The lowest BCUT2D eigenvalue weighted by atomic mass is 9.93. The molecule has 1 saturated carbocycles. The number of nitrogens with one attached hydrogen (secondary N) is 2. The highest BCUT2D eigenvalue weighted by molar-refractivity contribution is 9.10. The fourth-order valence-corrected chi connectivity index (χ4v) is 3.81. The first-order chi connectivity index (χ1) is 9.56. The van der Waals surface area contributed by atoms with E-state index in [1.165, 1.54) is 18.9 Å². The van der Waals surface area contributed by atoms with Gasteiger partial charge in [-0.25, -0.2) is 4.39 Å². The standard InChI is InChI=1S/C15H18BrFN2O/c1-8-5-12(17)11(16)6-13(8)19-15(20)14-10-4-2-3-9(10)7-18-14/h5-6,9-10,14,18H,2-4,7H2,1H3,(H,19,20). The number of rotatable bonds is 2. The molecular weight excluding hydrogens is 323 g/mol. The maximum atomic E-state index is 13.4. The van der Waals surface area contributed by atoms with Crippen LogP contribution in [0.5, 0.6) is 0 Å². The Kier molecular flexibility index (Phi) is 3.82. The summed E-state index contributed by atoms with van der Waals surface area (Å²) in [6, 6.07) is 2.95. The van der Waals surface area contributed by atoms with Gasteiger partial charge in [-0.15, -0.1) is 0 Å². The third-order valence-corrected chi connectivity index (χ3v) is 5.16. The monoisotopic (exact) mass is 340 g/mol. The van der Waals surface area contributed by atoms with Crippen LogP contribution in [0.3, 0.4) is 0 Å². The molecule has 108 valence electrons. The maximum absolute atomic E-state index is 13.4. The number of benzene rings is 1. The number of fused-ring (bicyclic) bond motifs is 1. The first-order valence-electron chi connectivity index (χ1n) is 7.06.